The first-order chi connectivity index (χ1) is 9.82. The summed E-state index contributed by atoms with van der Waals surface area (Å²) in [6.07, 6.45) is 4.91. The maximum absolute atomic E-state index is 11.8. The van der Waals surface area contributed by atoms with Crippen LogP contribution in [0.4, 0.5) is 0 Å². The lowest BCUT2D eigenvalue weighted by Gasteiger charge is -2.34. The lowest BCUT2D eigenvalue weighted by molar-refractivity contribution is 0.282. The van der Waals surface area contributed by atoms with Gasteiger partial charge in [-0.3, -0.25) is 0 Å². The Bertz CT molecular complexity index is 606. The van der Waals surface area contributed by atoms with E-state index in [9.17, 15) is 8.42 Å². The monoisotopic (exact) mass is 441 g/mol. The number of rotatable bonds is 4. The van der Waals surface area contributed by atoms with Crippen LogP contribution in [0.15, 0.2) is 18.2 Å². The van der Waals surface area contributed by atoms with E-state index in [1.807, 2.05) is 19.2 Å². The van der Waals surface area contributed by atoms with Gasteiger partial charge in [0.05, 0.1) is 10.3 Å². The van der Waals surface area contributed by atoms with Crippen molar-refractivity contribution in [2.45, 2.75) is 37.0 Å². The second kappa shape index (κ2) is 7.15. The van der Waals surface area contributed by atoms with Crippen LogP contribution in [-0.4, -0.2) is 27.0 Å². The van der Waals surface area contributed by atoms with Crippen LogP contribution < -0.4 is 5.32 Å². The normalized spacial score (nSPS) is 24.8. The predicted molar refractivity (Wildman–Crippen MR) is 96.6 cm³/mol. The number of halogens is 2. The zero-order valence-electron chi connectivity index (χ0n) is 12.3. The third-order valence-corrected chi connectivity index (χ3v) is 7.57. The molecule has 1 aromatic carbocycles. The molecule has 0 saturated heterocycles. The Morgan fingerprint density at radius 1 is 1.38 bits per heavy atom. The van der Waals surface area contributed by atoms with Crippen LogP contribution in [0, 0.1) is 9.49 Å². The summed E-state index contributed by atoms with van der Waals surface area (Å²) in [5.74, 6) is 0.333. The third-order valence-electron chi connectivity index (χ3n) is 4.36. The Morgan fingerprint density at radius 2 is 2.10 bits per heavy atom. The molecule has 1 aromatic rings. The van der Waals surface area contributed by atoms with E-state index in [1.165, 1.54) is 6.26 Å². The molecule has 6 heteroatoms. The summed E-state index contributed by atoms with van der Waals surface area (Å²) in [6.45, 7) is 0. The summed E-state index contributed by atoms with van der Waals surface area (Å²) in [7, 11) is -1.02. The summed E-state index contributed by atoms with van der Waals surface area (Å²) in [5, 5.41) is 3.90. The average molecular weight is 442 g/mol. The first-order valence-electron chi connectivity index (χ1n) is 7.14. The Labute approximate surface area is 145 Å². The standard InChI is InChI=1S/C15H21ClINO2S/c1-18-15(11-6-7-14(17)13(16)9-11)10-4-3-5-12(8-10)21(2,19)20/h6-7,9-10,12,15,18H,3-5,8H2,1-2H3. The van der Waals surface area contributed by atoms with Gasteiger partial charge in [0.25, 0.3) is 0 Å². The summed E-state index contributed by atoms with van der Waals surface area (Å²) < 4.78 is 24.7. The van der Waals surface area contributed by atoms with Crippen molar-refractivity contribution >= 4 is 44.0 Å². The molecule has 1 aliphatic rings. The van der Waals surface area contributed by atoms with Gasteiger partial charge in [0.2, 0.25) is 0 Å². The van der Waals surface area contributed by atoms with E-state index < -0.39 is 9.84 Å². The first-order valence-corrected chi connectivity index (χ1v) is 10.5. The fourth-order valence-electron chi connectivity index (χ4n) is 3.25. The summed E-state index contributed by atoms with van der Waals surface area (Å²) in [5.41, 5.74) is 1.14. The number of benzene rings is 1. The second-order valence-electron chi connectivity index (χ2n) is 5.82. The molecule has 21 heavy (non-hydrogen) atoms. The molecule has 0 aromatic heterocycles. The van der Waals surface area contributed by atoms with Crippen molar-refractivity contribution in [1.82, 2.24) is 5.32 Å². The second-order valence-corrected chi connectivity index (χ2v) is 9.71. The lowest BCUT2D eigenvalue weighted by Crippen LogP contribution is -2.34. The van der Waals surface area contributed by atoms with E-state index in [4.69, 9.17) is 11.6 Å². The highest BCUT2D eigenvalue weighted by molar-refractivity contribution is 14.1. The molecule has 0 aliphatic heterocycles. The molecule has 3 nitrogen and oxygen atoms in total. The van der Waals surface area contributed by atoms with Gasteiger partial charge in [-0.1, -0.05) is 24.1 Å². The maximum Gasteiger partial charge on any atom is 0.150 e. The first kappa shape index (κ1) is 17.5. The number of sulfone groups is 1. The quantitative estimate of drug-likeness (QED) is 0.723. The molecule has 1 saturated carbocycles. The van der Waals surface area contributed by atoms with Gasteiger partial charge in [-0.15, -0.1) is 0 Å². The van der Waals surface area contributed by atoms with Gasteiger partial charge in [0.1, 0.15) is 9.84 Å². The fraction of sp³-hybridized carbons (Fsp3) is 0.600. The van der Waals surface area contributed by atoms with E-state index in [1.54, 1.807) is 0 Å². The van der Waals surface area contributed by atoms with Crippen LogP contribution in [0.1, 0.15) is 37.3 Å². The zero-order valence-corrected chi connectivity index (χ0v) is 16.0. The molecule has 3 atom stereocenters. The van der Waals surface area contributed by atoms with Gasteiger partial charge in [-0.2, -0.15) is 0 Å². The van der Waals surface area contributed by atoms with Crippen molar-refractivity contribution < 1.29 is 8.42 Å². The minimum atomic E-state index is -2.95. The van der Waals surface area contributed by atoms with Crippen molar-refractivity contribution in [3.8, 4) is 0 Å². The summed E-state index contributed by atoms with van der Waals surface area (Å²) in [6, 6.07) is 6.25. The highest BCUT2D eigenvalue weighted by Crippen LogP contribution is 2.37. The van der Waals surface area contributed by atoms with Crippen LogP contribution in [-0.2, 0) is 9.84 Å². The molecule has 1 N–H and O–H groups in total. The summed E-state index contributed by atoms with van der Waals surface area (Å²) >= 11 is 8.44. The third kappa shape index (κ3) is 4.33. The van der Waals surface area contributed by atoms with Crippen LogP contribution >= 0.6 is 34.2 Å². The Kier molecular flexibility index (Phi) is 5.96. The van der Waals surface area contributed by atoms with Gasteiger partial charge in [0.15, 0.2) is 0 Å². The largest absolute Gasteiger partial charge is 0.313 e. The number of hydrogen-bond acceptors (Lipinski definition) is 3. The van der Waals surface area contributed by atoms with E-state index in [2.05, 4.69) is 34.0 Å². The van der Waals surface area contributed by atoms with Gasteiger partial charge in [-0.25, -0.2) is 8.42 Å². The molecule has 0 heterocycles. The Morgan fingerprint density at radius 3 is 2.67 bits per heavy atom. The van der Waals surface area contributed by atoms with Crippen molar-refractivity contribution in [1.29, 1.82) is 0 Å². The Balaban J connectivity index is 2.22. The van der Waals surface area contributed by atoms with Gasteiger partial charge >= 0.3 is 0 Å². The van der Waals surface area contributed by atoms with Crippen molar-refractivity contribution in [2.75, 3.05) is 13.3 Å². The molecule has 1 aliphatic carbocycles. The molecule has 0 bridgehead atoms. The van der Waals surface area contributed by atoms with Gasteiger partial charge < -0.3 is 5.32 Å². The van der Waals surface area contributed by atoms with Gasteiger partial charge in [0, 0.05) is 15.9 Å². The number of hydrogen-bond donors (Lipinski definition) is 1. The maximum atomic E-state index is 11.8. The average Bonchev–Trinajstić information content (AvgIpc) is 2.43. The molecular weight excluding hydrogens is 421 g/mol. The minimum absolute atomic E-state index is 0.157. The highest BCUT2D eigenvalue weighted by atomic mass is 127. The predicted octanol–water partition coefficient (Wildman–Crippen LogP) is 3.81. The van der Waals surface area contributed by atoms with Crippen LogP contribution in [0.2, 0.25) is 5.02 Å². The molecule has 118 valence electrons. The number of nitrogens with one attached hydrogen (secondary N) is 1. The molecule has 1 fully saturated rings. The highest BCUT2D eigenvalue weighted by Gasteiger charge is 2.33. The Hall–Kier alpha value is 0.150. The van der Waals surface area contributed by atoms with Crippen molar-refractivity contribution in [2.24, 2.45) is 5.92 Å². The zero-order chi connectivity index (χ0) is 15.6. The molecule has 0 spiro atoms. The molecule has 3 unspecified atom stereocenters. The van der Waals surface area contributed by atoms with Crippen molar-refractivity contribution in [3.63, 3.8) is 0 Å². The van der Waals surface area contributed by atoms with E-state index in [-0.39, 0.29) is 11.3 Å². The molecular formula is C15H21ClINO2S. The van der Waals surface area contributed by atoms with Crippen LogP contribution in [0.5, 0.6) is 0 Å². The van der Waals surface area contributed by atoms with Crippen LogP contribution in [0.25, 0.3) is 0 Å². The lowest BCUT2D eigenvalue weighted by atomic mass is 9.81. The fourth-order valence-corrected chi connectivity index (χ4v) is 4.97. The summed E-state index contributed by atoms with van der Waals surface area (Å²) in [4.78, 5) is 0. The topological polar surface area (TPSA) is 46.2 Å². The SMILES string of the molecule is CNC(c1ccc(I)c(Cl)c1)C1CCCC(S(C)(=O)=O)C1. The molecule has 0 radical (unpaired) electrons. The molecule has 2 rings (SSSR count). The van der Waals surface area contributed by atoms with E-state index in [0.717, 1.165) is 39.8 Å². The molecule has 0 amide bonds. The van der Waals surface area contributed by atoms with Crippen molar-refractivity contribution in [3.05, 3.63) is 32.4 Å². The van der Waals surface area contributed by atoms with Gasteiger partial charge in [-0.05, 0) is 72.5 Å². The smallest absolute Gasteiger partial charge is 0.150 e. The van der Waals surface area contributed by atoms with Crippen LogP contribution in [0.3, 0.4) is 0 Å². The van der Waals surface area contributed by atoms with E-state index >= 15 is 0 Å². The minimum Gasteiger partial charge on any atom is -0.313 e. The van der Waals surface area contributed by atoms with E-state index in [0.29, 0.717) is 5.92 Å².